The van der Waals surface area contributed by atoms with Crippen molar-refractivity contribution in [3.8, 4) is 0 Å². The summed E-state index contributed by atoms with van der Waals surface area (Å²) in [5, 5.41) is 0. The molecule has 190 valence electrons. The maximum atomic E-state index is 2.53. The van der Waals surface area contributed by atoms with Crippen molar-refractivity contribution in [3.05, 3.63) is 0 Å². The first-order valence-corrected chi connectivity index (χ1v) is 15.5. The summed E-state index contributed by atoms with van der Waals surface area (Å²) in [6.45, 7) is 14.9. The van der Waals surface area contributed by atoms with Crippen LogP contribution in [0.25, 0.3) is 0 Å². The Morgan fingerprint density at radius 3 is 1.55 bits per heavy atom. The molecule has 0 spiro atoms. The lowest BCUT2D eigenvalue weighted by molar-refractivity contribution is -0.0876. The molecule has 4 atom stereocenters. The van der Waals surface area contributed by atoms with Crippen molar-refractivity contribution in [3.63, 3.8) is 0 Å². The van der Waals surface area contributed by atoms with E-state index in [0.717, 1.165) is 47.3 Å². The molecule has 0 aromatic heterocycles. The molecule has 0 radical (unpaired) electrons. The average Bonchev–Trinajstić information content (AvgIpc) is 3.32. The van der Waals surface area contributed by atoms with Gasteiger partial charge in [-0.15, -0.1) is 0 Å². The summed E-state index contributed by atoms with van der Waals surface area (Å²) in [5.74, 6) is 8.88. The highest BCUT2D eigenvalue weighted by Gasteiger charge is 2.52. The van der Waals surface area contributed by atoms with Gasteiger partial charge in [-0.2, -0.15) is 0 Å². The molecule has 6 bridgehead atoms. The van der Waals surface area contributed by atoms with Gasteiger partial charge in [0, 0.05) is 0 Å². The highest BCUT2D eigenvalue weighted by Crippen LogP contribution is 2.61. The topological polar surface area (TPSA) is 0 Å². The molecule has 0 aromatic rings. The third-order valence-electron chi connectivity index (χ3n) is 12.8. The smallest absolute Gasteiger partial charge is 0.0297 e. The first-order valence-electron chi connectivity index (χ1n) is 15.5. The fourth-order valence-electron chi connectivity index (χ4n) is 10.6. The Balaban J connectivity index is 0.000000105. The van der Waals surface area contributed by atoms with E-state index in [2.05, 4.69) is 41.5 Å². The van der Waals surface area contributed by atoms with Crippen LogP contribution in [-0.4, -0.2) is 0 Å². The van der Waals surface area contributed by atoms with Gasteiger partial charge in [0.2, 0.25) is 0 Å². The van der Waals surface area contributed by atoms with E-state index in [9.17, 15) is 0 Å². The minimum Gasteiger partial charge on any atom is -0.0599 e. The van der Waals surface area contributed by atoms with Crippen LogP contribution in [0.3, 0.4) is 0 Å². The number of rotatable bonds is 0. The molecule has 33 heavy (non-hydrogen) atoms. The Morgan fingerprint density at radius 2 is 1.06 bits per heavy atom. The second-order valence-electron chi connectivity index (χ2n) is 16.4. The Morgan fingerprint density at radius 1 is 0.485 bits per heavy atom. The van der Waals surface area contributed by atoms with E-state index in [1.54, 1.807) is 44.9 Å². The quantitative estimate of drug-likeness (QED) is 0.341. The van der Waals surface area contributed by atoms with Crippen LogP contribution in [0, 0.1) is 63.6 Å². The van der Waals surface area contributed by atoms with E-state index >= 15 is 0 Å². The molecule has 0 amide bonds. The van der Waals surface area contributed by atoms with Crippen molar-refractivity contribution in [1.29, 1.82) is 0 Å². The van der Waals surface area contributed by atoms with Crippen molar-refractivity contribution in [1.82, 2.24) is 0 Å². The molecule has 8 aliphatic carbocycles. The highest BCUT2D eigenvalue weighted by atomic mass is 14.6. The van der Waals surface area contributed by atoms with Gasteiger partial charge in [-0.1, -0.05) is 73.6 Å². The van der Waals surface area contributed by atoms with Gasteiger partial charge < -0.3 is 0 Å². The van der Waals surface area contributed by atoms with Crippen LogP contribution in [0.1, 0.15) is 144 Å². The number of fused-ring (bicyclic) bond motifs is 3. The monoisotopic (exact) mass is 454 g/mol. The Kier molecular flexibility index (Phi) is 6.84. The Hall–Kier alpha value is 0. The maximum Gasteiger partial charge on any atom is -0.0297 e. The van der Waals surface area contributed by atoms with Gasteiger partial charge in [-0.25, -0.2) is 0 Å². The van der Waals surface area contributed by atoms with Crippen molar-refractivity contribution in [2.45, 2.75) is 144 Å². The molecule has 0 heteroatoms. The molecule has 8 saturated carbocycles. The summed E-state index contributed by atoms with van der Waals surface area (Å²) in [4.78, 5) is 0. The first-order chi connectivity index (χ1) is 15.5. The molecule has 0 N–H and O–H groups in total. The summed E-state index contributed by atoms with van der Waals surface area (Å²) in [5.41, 5.74) is 2.08. The van der Waals surface area contributed by atoms with Crippen LogP contribution in [0.5, 0.6) is 0 Å². The fourth-order valence-corrected chi connectivity index (χ4v) is 10.6. The molecular formula is C33H58. The predicted octanol–water partition coefficient (Wildman–Crippen LogP) is 10.3. The third kappa shape index (κ3) is 5.26. The van der Waals surface area contributed by atoms with Crippen molar-refractivity contribution >= 4 is 0 Å². The second-order valence-corrected chi connectivity index (χ2v) is 16.4. The molecular weight excluding hydrogens is 396 g/mol. The van der Waals surface area contributed by atoms with Gasteiger partial charge in [0.1, 0.15) is 0 Å². The lowest BCUT2D eigenvalue weighted by atomic mass is 9.46. The Bertz CT molecular complexity index is 636. The summed E-state index contributed by atoms with van der Waals surface area (Å²) in [7, 11) is 0. The summed E-state index contributed by atoms with van der Waals surface area (Å²) < 4.78 is 0. The van der Waals surface area contributed by atoms with Crippen LogP contribution in [0.15, 0.2) is 0 Å². The van der Waals surface area contributed by atoms with E-state index in [0.29, 0.717) is 16.2 Å². The number of hydrogen-bond acceptors (Lipinski definition) is 0. The Labute approximate surface area is 207 Å². The van der Waals surface area contributed by atoms with E-state index in [1.807, 2.05) is 0 Å². The van der Waals surface area contributed by atoms with Crippen molar-refractivity contribution in [2.24, 2.45) is 63.6 Å². The van der Waals surface area contributed by atoms with E-state index in [4.69, 9.17) is 0 Å². The first kappa shape index (κ1) is 24.7. The van der Waals surface area contributed by atoms with Crippen LogP contribution in [0.2, 0.25) is 0 Å². The summed E-state index contributed by atoms with van der Waals surface area (Å²) >= 11 is 0. The van der Waals surface area contributed by atoms with Gasteiger partial charge in [0.05, 0.1) is 0 Å². The summed E-state index contributed by atoms with van der Waals surface area (Å²) in [6, 6.07) is 0. The normalized spacial score (nSPS) is 47.1. The van der Waals surface area contributed by atoms with Gasteiger partial charge in [-0.05, 0) is 134 Å². The van der Waals surface area contributed by atoms with Crippen molar-refractivity contribution in [2.75, 3.05) is 0 Å². The van der Waals surface area contributed by atoms with Crippen LogP contribution < -0.4 is 0 Å². The molecule has 0 saturated heterocycles. The molecule has 0 aromatic carbocycles. The van der Waals surface area contributed by atoms with Gasteiger partial charge >= 0.3 is 0 Å². The van der Waals surface area contributed by atoms with Gasteiger partial charge in [-0.3, -0.25) is 0 Å². The fraction of sp³-hybridized carbons (Fsp3) is 1.00. The van der Waals surface area contributed by atoms with Crippen molar-refractivity contribution < 1.29 is 0 Å². The van der Waals surface area contributed by atoms with E-state index in [1.165, 1.54) is 57.8 Å². The van der Waals surface area contributed by atoms with E-state index in [-0.39, 0.29) is 0 Å². The van der Waals surface area contributed by atoms with E-state index < -0.39 is 0 Å². The molecule has 4 unspecified atom stereocenters. The second kappa shape index (κ2) is 9.14. The molecule has 0 aliphatic heterocycles. The molecule has 8 aliphatic rings. The SMILES string of the molecule is CC1(C)C2CC3CC(C2)CC1C3.CC1(C)CC2CCC1C2.CC1(C)CCC2CCCCC2C1. The molecule has 0 heterocycles. The largest absolute Gasteiger partial charge is 0.0599 e. The lowest BCUT2D eigenvalue weighted by Crippen LogP contribution is -2.49. The van der Waals surface area contributed by atoms with Crippen LogP contribution in [-0.2, 0) is 0 Å². The molecule has 8 rings (SSSR count). The zero-order valence-electron chi connectivity index (χ0n) is 23.4. The average molecular weight is 455 g/mol. The predicted molar refractivity (Wildman–Crippen MR) is 143 cm³/mol. The van der Waals surface area contributed by atoms with Crippen LogP contribution in [0.4, 0.5) is 0 Å². The third-order valence-corrected chi connectivity index (χ3v) is 12.8. The lowest BCUT2D eigenvalue weighted by Gasteiger charge is -2.59. The standard InChI is InChI=1S/C12H20.C12H22.C9H16/c1-12(2)10-4-8-3-9(6-10)7-11(12)5-8;1-12(2)8-7-10-5-3-4-6-11(10)9-12;1-9(2)6-7-3-4-8(9)5-7/h8-11H,3-7H2,1-2H3;10-11H,3-9H2,1-2H3;7-8H,3-6H2,1-2H3. The molecule has 0 nitrogen and oxygen atoms in total. The van der Waals surface area contributed by atoms with Crippen LogP contribution >= 0.6 is 0 Å². The zero-order valence-corrected chi connectivity index (χ0v) is 23.4. The zero-order chi connectivity index (χ0) is 23.4. The minimum atomic E-state index is 0.665. The number of hydrogen-bond donors (Lipinski definition) is 0. The molecule has 8 fully saturated rings. The minimum absolute atomic E-state index is 0.665. The summed E-state index contributed by atoms with van der Waals surface area (Å²) in [6.07, 6.45) is 24.6. The van der Waals surface area contributed by atoms with Gasteiger partial charge in [0.25, 0.3) is 0 Å². The highest BCUT2D eigenvalue weighted by molar-refractivity contribution is 5.02. The van der Waals surface area contributed by atoms with Gasteiger partial charge in [0.15, 0.2) is 0 Å². The maximum absolute atomic E-state index is 2.53.